The minimum Gasteiger partial charge on any atom is -0.395 e. The van der Waals surface area contributed by atoms with E-state index in [9.17, 15) is 4.79 Å². The number of aromatic nitrogens is 1. The van der Waals surface area contributed by atoms with Gasteiger partial charge in [0.2, 0.25) is 0 Å². The summed E-state index contributed by atoms with van der Waals surface area (Å²) in [5, 5.41) is 11.6. The van der Waals surface area contributed by atoms with Crippen molar-refractivity contribution >= 4 is 28.8 Å². The lowest BCUT2D eigenvalue weighted by Crippen LogP contribution is -2.29. The van der Waals surface area contributed by atoms with Gasteiger partial charge in [0.15, 0.2) is 0 Å². The summed E-state index contributed by atoms with van der Waals surface area (Å²) < 4.78 is 0. The van der Waals surface area contributed by atoms with E-state index in [1.807, 2.05) is 23.6 Å². The first kappa shape index (κ1) is 15.0. The maximum absolute atomic E-state index is 12.2. The fourth-order valence-electron chi connectivity index (χ4n) is 1.76. The number of aliphatic hydroxyl groups is 1. The van der Waals surface area contributed by atoms with Gasteiger partial charge in [-0.15, -0.1) is 22.9 Å². The third kappa shape index (κ3) is 3.36. The van der Waals surface area contributed by atoms with Crippen LogP contribution in [0.2, 0.25) is 0 Å². The number of hydrogen-bond acceptors (Lipinski definition) is 4. The maximum atomic E-state index is 12.2. The van der Waals surface area contributed by atoms with Crippen molar-refractivity contribution in [2.45, 2.75) is 5.88 Å². The van der Waals surface area contributed by atoms with E-state index >= 15 is 0 Å². The molecule has 0 saturated heterocycles. The molecule has 2 rings (SSSR count). The molecule has 20 heavy (non-hydrogen) atoms. The van der Waals surface area contributed by atoms with Crippen molar-refractivity contribution in [3.63, 3.8) is 0 Å². The first-order valence-electron chi connectivity index (χ1n) is 6.13. The number of aliphatic hydroxyl groups excluding tert-OH is 1. The molecule has 0 aliphatic carbocycles. The summed E-state index contributed by atoms with van der Waals surface area (Å²) in [6.45, 7) is 0.268. The summed E-state index contributed by atoms with van der Waals surface area (Å²) in [5.41, 5.74) is 2.32. The normalized spacial score (nSPS) is 10.6. The second-order valence-electron chi connectivity index (χ2n) is 4.31. The van der Waals surface area contributed by atoms with E-state index < -0.39 is 0 Å². The van der Waals surface area contributed by atoms with Crippen LogP contribution in [0.1, 0.15) is 16.1 Å². The highest BCUT2D eigenvalue weighted by Crippen LogP contribution is 2.25. The number of carbonyl (C=O) groups excluding carboxylic acids is 1. The zero-order valence-corrected chi connectivity index (χ0v) is 12.6. The monoisotopic (exact) mass is 310 g/mol. The van der Waals surface area contributed by atoms with Crippen LogP contribution in [-0.2, 0) is 5.88 Å². The Kier molecular flexibility index (Phi) is 5.11. The van der Waals surface area contributed by atoms with Crippen molar-refractivity contribution in [2.75, 3.05) is 20.2 Å². The van der Waals surface area contributed by atoms with Crippen molar-refractivity contribution in [1.82, 2.24) is 9.88 Å². The van der Waals surface area contributed by atoms with Crippen LogP contribution in [0.5, 0.6) is 0 Å². The van der Waals surface area contributed by atoms with Crippen molar-refractivity contribution in [3.05, 3.63) is 40.9 Å². The Balaban J connectivity index is 2.25. The quantitative estimate of drug-likeness (QED) is 0.864. The van der Waals surface area contributed by atoms with Crippen molar-refractivity contribution in [2.24, 2.45) is 0 Å². The van der Waals surface area contributed by atoms with E-state index in [0.29, 0.717) is 18.0 Å². The zero-order chi connectivity index (χ0) is 14.5. The average Bonchev–Trinajstić information content (AvgIpc) is 2.96. The van der Waals surface area contributed by atoms with Crippen LogP contribution in [0.3, 0.4) is 0 Å². The Morgan fingerprint density at radius 1 is 1.50 bits per heavy atom. The van der Waals surface area contributed by atoms with E-state index in [1.54, 1.807) is 13.1 Å². The summed E-state index contributed by atoms with van der Waals surface area (Å²) >= 11 is 7.25. The lowest BCUT2D eigenvalue weighted by molar-refractivity contribution is 0.0767. The molecule has 4 nitrogen and oxygen atoms in total. The summed E-state index contributed by atoms with van der Waals surface area (Å²) in [4.78, 5) is 18.0. The predicted molar refractivity (Wildman–Crippen MR) is 81.2 cm³/mol. The Labute approximate surface area is 126 Å². The molecule has 0 spiro atoms. The van der Waals surface area contributed by atoms with E-state index in [2.05, 4.69) is 4.98 Å². The highest BCUT2D eigenvalue weighted by molar-refractivity contribution is 7.13. The van der Waals surface area contributed by atoms with Crippen LogP contribution in [-0.4, -0.2) is 41.1 Å². The van der Waals surface area contributed by atoms with Gasteiger partial charge in [-0.05, 0) is 12.1 Å². The van der Waals surface area contributed by atoms with Crippen LogP contribution in [0.25, 0.3) is 10.6 Å². The van der Waals surface area contributed by atoms with E-state index in [4.69, 9.17) is 16.7 Å². The first-order chi connectivity index (χ1) is 9.65. The highest BCUT2D eigenvalue weighted by Gasteiger charge is 2.13. The molecule has 106 valence electrons. The topological polar surface area (TPSA) is 53.4 Å². The van der Waals surface area contributed by atoms with Crippen LogP contribution in [0, 0.1) is 0 Å². The number of halogens is 1. The fourth-order valence-corrected chi connectivity index (χ4v) is 2.80. The van der Waals surface area contributed by atoms with Gasteiger partial charge in [-0.25, -0.2) is 4.98 Å². The van der Waals surface area contributed by atoms with Crippen LogP contribution < -0.4 is 0 Å². The van der Waals surface area contributed by atoms with Crippen molar-refractivity contribution in [3.8, 4) is 10.6 Å². The van der Waals surface area contributed by atoms with Gasteiger partial charge in [-0.1, -0.05) is 12.1 Å². The molecule has 1 aromatic heterocycles. The van der Waals surface area contributed by atoms with Gasteiger partial charge in [-0.3, -0.25) is 4.79 Å². The third-order valence-electron chi connectivity index (χ3n) is 2.83. The molecule has 6 heteroatoms. The Bertz CT molecular complexity index is 600. The summed E-state index contributed by atoms with van der Waals surface area (Å²) in [5.74, 6) is 0.268. The number of hydrogen-bond donors (Lipinski definition) is 1. The molecule has 0 atom stereocenters. The van der Waals surface area contributed by atoms with E-state index in [1.165, 1.54) is 16.2 Å². The molecule has 0 bridgehead atoms. The minimum absolute atomic E-state index is 0.0481. The third-order valence-corrected chi connectivity index (χ3v) is 4.04. The van der Waals surface area contributed by atoms with E-state index in [-0.39, 0.29) is 12.5 Å². The number of rotatable bonds is 5. The molecule has 1 amide bonds. The maximum Gasteiger partial charge on any atom is 0.253 e. The predicted octanol–water partition coefficient (Wildman–Crippen LogP) is 2.61. The molecular formula is C14H15ClN2O2S. The van der Waals surface area contributed by atoms with Gasteiger partial charge in [0.05, 0.1) is 18.2 Å². The van der Waals surface area contributed by atoms with Gasteiger partial charge < -0.3 is 10.0 Å². The van der Waals surface area contributed by atoms with Gasteiger partial charge in [-0.2, -0.15) is 0 Å². The molecule has 1 heterocycles. The number of carbonyl (C=O) groups is 1. The number of alkyl halides is 1. The van der Waals surface area contributed by atoms with Crippen LogP contribution >= 0.6 is 22.9 Å². The SMILES string of the molecule is CN(CCO)C(=O)c1cccc(-c2nc(CCl)cs2)c1. The molecule has 0 aliphatic rings. The molecule has 1 N–H and O–H groups in total. The fraction of sp³-hybridized carbons (Fsp3) is 0.286. The zero-order valence-electron chi connectivity index (χ0n) is 11.0. The van der Waals surface area contributed by atoms with Gasteiger partial charge in [0.25, 0.3) is 5.91 Å². The van der Waals surface area contributed by atoms with E-state index in [0.717, 1.165) is 16.3 Å². The second-order valence-corrected chi connectivity index (χ2v) is 5.43. The van der Waals surface area contributed by atoms with Crippen LogP contribution in [0.4, 0.5) is 0 Å². The lowest BCUT2D eigenvalue weighted by atomic mass is 10.1. The molecule has 0 radical (unpaired) electrons. The van der Waals surface area contributed by atoms with Crippen molar-refractivity contribution in [1.29, 1.82) is 0 Å². The highest BCUT2D eigenvalue weighted by atomic mass is 35.5. The largest absolute Gasteiger partial charge is 0.395 e. The Morgan fingerprint density at radius 3 is 2.95 bits per heavy atom. The smallest absolute Gasteiger partial charge is 0.253 e. The number of benzene rings is 1. The number of nitrogens with zero attached hydrogens (tertiary/aromatic N) is 2. The molecule has 0 aliphatic heterocycles. The van der Waals surface area contributed by atoms with Crippen molar-refractivity contribution < 1.29 is 9.90 Å². The lowest BCUT2D eigenvalue weighted by Gasteiger charge is -2.15. The Morgan fingerprint density at radius 2 is 2.30 bits per heavy atom. The van der Waals surface area contributed by atoms with Gasteiger partial charge >= 0.3 is 0 Å². The second kappa shape index (κ2) is 6.83. The molecule has 2 aromatic rings. The van der Waals surface area contributed by atoms with Gasteiger partial charge in [0.1, 0.15) is 5.01 Å². The standard InChI is InChI=1S/C14H15ClN2O2S/c1-17(5-6-18)14(19)11-4-2-3-10(7-11)13-16-12(8-15)9-20-13/h2-4,7,9,18H,5-6,8H2,1H3. The Hall–Kier alpha value is -1.43. The molecule has 0 fully saturated rings. The molecule has 1 aromatic carbocycles. The van der Waals surface area contributed by atoms with Gasteiger partial charge in [0, 0.05) is 30.1 Å². The summed E-state index contributed by atoms with van der Waals surface area (Å²) in [7, 11) is 1.67. The molecule has 0 unspecified atom stereocenters. The minimum atomic E-state index is -0.116. The number of amides is 1. The first-order valence-corrected chi connectivity index (χ1v) is 7.54. The number of likely N-dealkylation sites (N-methyl/N-ethyl adjacent to an activating group) is 1. The molecular weight excluding hydrogens is 296 g/mol. The number of thiazole rings is 1. The summed E-state index contributed by atoms with van der Waals surface area (Å²) in [6.07, 6.45) is 0. The summed E-state index contributed by atoms with van der Waals surface area (Å²) in [6, 6.07) is 7.32. The molecule has 0 saturated carbocycles. The average molecular weight is 311 g/mol. The van der Waals surface area contributed by atoms with Crippen LogP contribution in [0.15, 0.2) is 29.6 Å².